The Kier molecular flexibility index (Phi) is 5.89. The molecule has 0 fully saturated rings. The third kappa shape index (κ3) is 7.51. The topological polar surface area (TPSA) is 63.5 Å². The van der Waals surface area contributed by atoms with Gasteiger partial charge in [0.25, 0.3) is 0 Å². The molecule has 5 heteroatoms. The summed E-state index contributed by atoms with van der Waals surface area (Å²) in [6.45, 7) is 8.89. The van der Waals surface area contributed by atoms with E-state index in [-0.39, 0.29) is 12.1 Å². The van der Waals surface area contributed by atoms with E-state index in [1.165, 1.54) is 0 Å². The molecular weight excluding hydrogens is 244 g/mol. The van der Waals surface area contributed by atoms with Crippen molar-refractivity contribution in [1.29, 1.82) is 0 Å². The summed E-state index contributed by atoms with van der Waals surface area (Å²) >= 11 is 0. The van der Waals surface area contributed by atoms with Crippen molar-refractivity contribution < 1.29 is 13.9 Å². The monoisotopic (exact) mass is 268 g/mol. The number of amides is 1. The van der Waals surface area contributed by atoms with Gasteiger partial charge in [-0.3, -0.25) is 0 Å². The molecule has 1 rings (SSSR count). The SMILES string of the molecule is CC(CNC(=O)OC(C)(C)C)NCCc1ccco1. The van der Waals surface area contributed by atoms with Gasteiger partial charge in [-0.05, 0) is 39.8 Å². The molecule has 0 aliphatic rings. The van der Waals surface area contributed by atoms with E-state index in [0.29, 0.717) is 6.54 Å². The quantitative estimate of drug-likeness (QED) is 0.831. The number of hydrogen-bond acceptors (Lipinski definition) is 4. The largest absolute Gasteiger partial charge is 0.469 e. The minimum absolute atomic E-state index is 0.183. The Labute approximate surface area is 114 Å². The van der Waals surface area contributed by atoms with E-state index in [0.717, 1.165) is 18.7 Å². The van der Waals surface area contributed by atoms with Crippen molar-refractivity contribution in [2.45, 2.75) is 45.8 Å². The Balaban J connectivity index is 2.10. The molecule has 19 heavy (non-hydrogen) atoms. The van der Waals surface area contributed by atoms with Crippen molar-refractivity contribution in [1.82, 2.24) is 10.6 Å². The van der Waals surface area contributed by atoms with E-state index < -0.39 is 5.60 Å². The van der Waals surface area contributed by atoms with Gasteiger partial charge in [-0.2, -0.15) is 0 Å². The van der Waals surface area contributed by atoms with Crippen LogP contribution in [0.3, 0.4) is 0 Å². The predicted molar refractivity (Wildman–Crippen MR) is 74.1 cm³/mol. The molecule has 2 N–H and O–H groups in total. The predicted octanol–water partition coefficient (Wildman–Crippen LogP) is 2.32. The van der Waals surface area contributed by atoms with E-state index in [4.69, 9.17) is 9.15 Å². The number of rotatable bonds is 6. The van der Waals surface area contributed by atoms with Gasteiger partial charge in [0.05, 0.1) is 6.26 Å². The molecule has 0 aliphatic heterocycles. The van der Waals surface area contributed by atoms with Crippen molar-refractivity contribution in [2.24, 2.45) is 0 Å². The lowest BCUT2D eigenvalue weighted by atomic mass is 10.2. The van der Waals surface area contributed by atoms with Gasteiger partial charge in [-0.25, -0.2) is 4.79 Å². The normalized spacial score (nSPS) is 13.1. The van der Waals surface area contributed by atoms with Crippen molar-refractivity contribution in [3.8, 4) is 0 Å². The van der Waals surface area contributed by atoms with Crippen LogP contribution in [0.25, 0.3) is 0 Å². The molecule has 0 aromatic carbocycles. The van der Waals surface area contributed by atoms with Crippen molar-refractivity contribution in [2.75, 3.05) is 13.1 Å². The fourth-order valence-corrected chi connectivity index (χ4v) is 1.52. The molecule has 108 valence electrons. The molecule has 1 unspecified atom stereocenters. The zero-order valence-corrected chi connectivity index (χ0v) is 12.2. The van der Waals surface area contributed by atoms with E-state index >= 15 is 0 Å². The summed E-state index contributed by atoms with van der Waals surface area (Å²) in [6.07, 6.45) is 2.12. The van der Waals surface area contributed by atoms with Crippen LogP contribution in [0.1, 0.15) is 33.5 Å². The Bertz CT molecular complexity index is 369. The van der Waals surface area contributed by atoms with Gasteiger partial charge >= 0.3 is 6.09 Å². The second-order valence-corrected chi connectivity index (χ2v) is 5.57. The van der Waals surface area contributed by atoms with Gasteiger partial charge in [0, 0.05) is 25.6 Å². The molecule has 0 radical (unpaired) electrons. The number of carbonyl (C=O) groups is 1. The molecular formula is C14H24N2O3. The number of nitrogens with one attached hydrogen (secondary N) is 2. The lowest BCUT2D eigenvalue weighted by Gasteiger charge is -2.21. The molecule has 1 heterocycles. The van der Waals surface area contributed by atoms with E-state index in [1.54, 1.807) is 6.26 Å². The summed E-state index contributed by atoms with van der Waals surface area (Å²) in [4.78, 5) is 11.4. The first-order chi connectivity index (χ1) is 8.87. The Morgan fingerprint density at radius 2 is 2.21 bits per heavy atom. The summed E-state index contributed by atoms with van der Waals surface area (Å²) in [7, 11) is 0. The summed E-state index contributed by atoms with van der Waals surface area (Å²) in [6, 6.07) is 4.01. The van der Waals surface area contributed by atoms with E-state index in [1.807, 2.05) is 39.8 Å². The first kappa shape index (κ1) is 15.6. The Hall–Kier alpha value is -1.49. The third-order valence-electron chi connectivity index (χ3n) is 2.40. The van der Waals surface area contributed by atoms with Gasteiger partial charge in [0.15, 0.2) is 0 Å². The second-order valence-electron chi connectivity index (χ2n) is 5.57. The minimum atomic E-state index is -0.458. The van der Waals surface area contributed by atoms with Crippen LogP contribution >= 0.6 is 0 Å². The molecule has 1 aromatic heterocycles. The Morgan fingerprint density at radius 3 is 2.79 bits per heavy atom. The molecule has 1 aromatic rings. The highest BCUT2D eigenvalue weighted by Gasteiger charge is 2.16. The minimum Gasteiger partial charge on any atom is -0.469 e. The van der Waals surface area contributed by atoms with Crippen LogP contribution in [0.15, 0.2) is 22.8 Å². The molecule has 0 aliphatic carbocycles. The highest BCUT2D eigenvalue weighted by molar-refractivity contribution is 5.67. The lowest BCUT2D eigenvalue weighted by molar-refractivity contribution is 0.0523. The van der Waals surface area contributed by atoms with E-state index in [9.17, 15) is 4.79 Å². The zero-order chi connectivity index (χ0) is 14.3. The highest BCUT2D eigenvalue weighted by Crippen LogP contribution is 2.06. The maximum absolute atomic E-state index is 11.4. The molecule has 0 saturated carbocycles. The van der Waals surface area contributed by atoms with Gasteiger partial charge in [0.1, 0.15) is 11.4 Å². The average molecular weight is 268 g/mol. The number of carbonyl (C=O) groups excluding carboxylic acids is 1. The molecule has 1 atom stereocenters. The molecule has 5 nitrogen and oxygen atoms in total. The maximum Gasteiger partial charge on any atom is 0.407 e. The fraction of sp³-hybridized carbons (Fsp3) is 0.643. The van der Waals surface area contributed by atoms with Crippen LogP contribution < -0.4 is 10.6 Å². The van der Waals surface area contributed by atoms with Gasteiger partial charge in [-0.1, -0.05) is 0 Å². The summed E-state index contributed by atoms with van der Waals surface area (Å²) < 4.78 is 10.4. The van der Waals surface area contributed by atoms with Crippen LogP contribution in [0, 0.1) is 0 Å². The van der Waals surface area contributed by atoms with Gasteiger partial charge < -0.3 is 19.8 Å². The first-order valence-electron chi connectivity index (χ1n) is 6.59. The average Bonchev–Trinajstić information content (AvgIpc) is 2.77. The van der Waals surface area contributed by atoms with Crippen molar-refractivity contribution in [3.05, 3.63) is 24.2 Å². The van der Waals surface area contributed by atoms with Crippen molar-refractivity contribution >= 4 is 6.09 Å². The molecule has 1 amide bonds. The van der Waals surface area contributed by atoms with Crippen LogP contribution in [0.2, 0.25) is 0 Å². The van der Waals surface area contributed by atoms with Crippen LogP contribution in [-0.2, 0) is 11.2 Å². The van der Waals surface area contributed by atoms with Crippen LogP contribution in [0.5, 0.6) is 0 Å². The number of hydrogen-bond donors (Lipinski definition) is 2. The smallest absolute Gasteiger partial charge is 0.407 e. The standard InChI is InChI=1S/C14H24N2O3/c1-11(10-16-13(17)19-14(2,3)4)15-8-7-12-6-5-9-18-12/h5-6,9,11,15H,7-8,10H2,1-4H3,(H,16,17). The highest BCUT2D eigenvalue weighted by atomic mass is 16.6. The molecule has 0 spiro atoms. The summed E-state index contributed by atoms with van der Waals surface area (Å²) in [5.74, 6) is 0.958. The van der Waals surface area contributed by atoms with Gasteiger partial charge in [0.2, 0.25) is 0 Å². The lowest BCUT2D eigenvalue weighted by Crippen LogP contribution is -2.41. The summed E-state index contributed by atoms with van der Waals surface area (Å²) in [5.41, 5.74) is -0.458. The molecule has 0 saturated heterocycles. The second kappa shape index (κ2) is 7.19. The third-order valence-corrected chi connectivity index (χ3v) is 2.40. The van der Waals surface area contributed by atoms with Crippen LogP contribution in [-0.4, -0.2) is 30.8 Å². The fourth-order valence-electron chi connectivity index (χ4n) is 1.52. The van der Waals surface area contributed by atoms with Gasteiger partial charge in [-0.15, -0.1) is 0 Å². The zero-order valence-electron chi connectivity index (χ0n) is 12.2. The first-order valence-corrected chi connectivity index (χ1v) is 6.59. The number of ether oxygens (including phenoxy) is 1. The maximum atomic E-state index is 11.4. The number of alkyl carbamates (subject to hydrolysis) is 1. The Morgan fingerprint density at radius 1 is 1.47 bits per heavy atom. The van der Waals surface area contributed by atoms with Crippen LogP contribution in [0.4, 0.5) is 4.79 Å². The number of furan rings is 1. The van der Waals surface area contributed by atoms with E-state index in [2.05, 4.69) is 10.6 Å². The molecule has 0 bridgehead atoms. The summed E-state index contributed by atoms with van der Waals surface area (Å²) in [5, 5.41) is 6.04. The van der Waals surface area contributed by atoms with Crippen molar-refractivity contribution in [3.63, 3.8) is 0 Å².